The maximum absolute atomic E-state index is 13.1. The number of nitrogens with zero attached hydrogens (tertiary/aromatic N) is 6. The number of thioether (sulfide) groups is 1. The third kappa shape index (κ3) is 4.35. The van der Waals surface area contributed by atoms with E-state index in [0.717, 1.165) is 37.7 Å². The predicted molar refractivity (Wildman–Crippen MR) is 113 cm³/mol. The molecule has 2 aromatic rings. The molecule has 8 heteroatoms. The Labute approximate surface area is 175 Å². The number of hydrogen-bond donors (Lipinski definition) is 0. The lowest BCUT2D eigenvalue weighted by atomic mass is 9.81. The first-order chi connectivity index (χ1) is 14.0. The average molecular weight is 411 g/mol. The highest BCUT2D eigenvalue weighted by atomic mass is 32.2. The zero-order chi connectivity index (χ0) is 20.9. The van der Waals surface area contributed by atoms with Crippen LogP contribution in [-0.4, -0.2) is 48.4 Å². The van der Waals surface area contributed by atoms with E-state index in [9.17, 15) is 10.1 Å². The van der Waals surface area contributed by atoms with Crippen LogP contribution in [-0.2, 0) is 11.3 Å². The number of amides is 1. The highest BCUT2D eigenvalue weighted by Gasteiger charge is 2.40. The van der Waals surface area contributed by atoms with Crippen molar-refractivity contribution in [2.45, 2.75) is 61.5 Å². The molecule has 0 unspecified atom stereocenters. The minimum atomic E-state index is -0.693. The lowest BCUT2D eigenvalue weighted by molar-refractivity contribution is -0.133. The molecule has 152 valence electrons. The van der Waals surface area contributed by atoms with Gasteiger partial charge in [-0.3, -0.25) is 14.3 Å². The van der Waals surface area contributed by atoms with Crippen LogP contribution in [0.4, 0.5) is 0 Å². The maximum atomic E-state index is 13.1. The third-order valence-electron chi connectivity index (χ3n) is 5.46. The minimum absolute atomic E-state index is 0.0583. The molecule has 29 heavy (non-hydrogen) atoms. The zero-order valence-electron chi connectivity index (χ0n) is 16.9. The minimum Gasteiger partial charge on any atom is -0.326 e. The van der Waals surface area contributed by atoms with E-state index in [1.54, 1.807) is 30.4 Å². The molecule has 0 bridgehead atoms. The van der Waals surface area contributed by atoms with Gasteiger partial charge in [0.25, 0.3) is 0 Å². The van der Waals surface area contributed by atoms with E-state index in [0.29, 0.717) is 17.5 Å². The van der Waals surface area contributed by atoms with E-state index in [-0.39, 0.29) is 11.2 Å². The fraction of sp³-hybridized carbons (Fsp3) is 0.476. The van der Waals surface area contributed by atoms with Crippen LogP contribution in [0.2, 0.25) is 0 Å². The van der Waals surface area contributed by atoms with Crippen LogP contribution in [0.3, 0.4) is 0 Å². The van der Waals surface area contributed by atoms with Crippen LogP contribution < -0.4 is 0 Å². The smallest absolute Gasteiger partial charge is 0.236 e. The zero-order valence-corrected chi connectivity index (χ0v) is 17.7. The molecular formula is C21H26N6OS. The van der Waals surface area contributed by atoms with Crippen molar-refractivity contribution in [3.05, 3.63) is 37.2 Å². The van der Waals surface area contributed by atoms with E-state index >= 15 is 0 Å². The van der Waals surface area contributed by atoms with Crippen molar-refractivity contribution in [2.24, 2.45) is 0 Å². The third-order valence-corrected chi connectivity index (χ3v) is 6.53. The number of carbonyl (C=O) groups excluding carboxylic acids is 1. The molecule has 1 aliphatic rings. The Bertz CT molecular complexity index is 898. The van der Waals surface area contributed by atoms with Crippen molar-refractivity contribution in [2.75, 3.05) is 7.05 Å². The van der Waals surface area contributed by atoms with E-state index in [4.69, 9.17) is 0 Å². The fourth-order valence-electron chi connectivity index (χ4n) is 3.74. The molecule has 1 fully saturated rings. The summed E-state index contributed by atoms with van der Waals surface area (Å²) in [6.45, 7) is 6.22. The normalized spacial score (nSPS) is 16.6. The Hall–Kier alpha value is -2.66. The Morgan fingerprint density at radius 3 is 2.69 bits per heavy atom. The van der Waals surface area contributed by atoms with Gasteiger partial charge in [0.1, 0.15) is 5.54 Å². The summed E-state index contributed by atoms with van der Waals surface area (Å²) in [5.41, 5.74) is 0.212. The number of aromatic nitrogens is 4. The van der Waals surface area contributed by atoms with E-state index < -0.39 is 5.54 Å². The Morgan fingerprint density at radius 2 is 2.07 bits per heavy atom. The molecule has 1 saturated carbocycles. The van der Waals surface area contributed by atoms with Crippen molar-refractivity contribution in [3.63, 3.8) is 0 Å². The van der Waals surface area contributed by atoms with Crippen molar-refractivity contribution in [1.29, 1.82) is 5.26 Å². The lowest BCUT2D eigenvalue weighted by Gasteiger charge is -2.40. The van der Waals surface area contributed by atoms with Gasteiger partial charge in [-0.1, -0.05) is 37.1 Å². The molecular weight excluding hydrogens is 384 g/mol. The van der Waals surface area contributed by atoms with Gasteiger partial charge in [0.2, 0.25) is 5.91 Å². The van der Waals surface area contributed by atoms with Gasteiger partial charge in [0.15, 0.2) is 11.0 Å². The molecule has 7 nitrogen and oxygen atoms in total. The Kier molecular flexibility index (Phi) is 6.70. The average Bonchev–Trinajstić information content (AvgIpc) is 3.16. The van der Waals surface area contributed by atoms with E-state index in [2.05, 4.69) is 27.8 Å². The number of carbonyl (C=O) groups is 1. The molecule has 1 amide bonds. The molecule has 3 rings (SSSR count). The number of hydrogen-bond acceptors (Lipinski definition) is 6. The highest BCUT2D eigenvalue weighted by molar-refractivity contribution is 8.00. The van der Waals surface area contributed by atoms with Gasteiger partial charge >= 0.3 is 0 Å². The second-order valence-electron chi connectivity index (χ2n) is 7.30. The van der Waals surface area contributed by atoms with Crippen molar-refractivity contribution in [3.8, 4) is 17.5 Å². The molecule has 1 atom stereocenters. The van der Waals surface area contributed by atoms with Crippen LogP contribution in [0.25, 0.3) is 11.4 Å². The largest absolute Gasteiger partial charge is 0.326 e. The van der Waals surface area contributed by atoms with Crippen molar-refractivity contribution in [1.82, 2.24) is 24.6 Å². The fourth-order valence-corrected chi connectivity index (χ4v) is 4.69. The van der Waals surface area contributed by atoms with Gasteiger partial charge in [-0.05, 0) is 31.9 Å². The standard InChI is InChI=1S/C21H26N6OS/c1-4-14-27-18(17-8-12-23-13-9-17)24-25-20(27)29-16(2)19(28)26(3)21(15-22)10-6-5-7-11-21/h4,8-9,12-13,16H,1,5-7,10-11,14H2,2-3H3/t16-/m1/s1. The van der Waals surface area contributed by atoms with E-state index in [1.807, 2.05) is 23.6 Å². The molecule has 2 aromatic heterocycles. The van der Waals surface area contributed by atoms with Crippen LogP contribution >= 0.6 is 11.8 Å². The summed E-state index contributed by atoms with van der Waals surface area (Å²) in [4.78, 5) is 18.8. The van der Waals surface area contributed by atoms with Gasteiger partial charge in [0.05, 0.1) is 11.3 Å². The first-order valence-electron chi connectivity index (χ1n) is 9.82. The van der Waals surface area contributed by atoms with Crippen molar-refractivity contribution >= 4 is 17.7 Å². The number of nitriles is 1. The monoisotopic (exact) mass is 410 g/mol. The van der Waals surface area contributed by atoms with Gasteiger partial charge < -0.3 is 4.90 Å². The lowest BCUT2D eigenvalue weighted by Crippen LogP contribution is -2.52. The molecule has 2 heterocycles. The molecule has 0 aromatic carbocycles. The molecule has 0 N–H and O–H groups in total. The first kappa shape index (κ1) is 21.1. The van der Waals surface area contributed by atoms with Crippen LogP contribution in [0.1, 0.15) is 39.0 Å². The van der Waals surface area contributed by atoms with Gasteiger partial charge in [-0.15, -0.1) is 16.8 Å². The Morgan fingerprint density at radius 1 is 1.38 bits per heavy atom. The first-order valence-corrected chi connectivity index (χ1v) is 10.7. The number of pyridine rings is 1. The Balaban J connectivity index is 1.80. The van der Waals surface area contributed by atoms with Crippen LogP contribution in [0.15, 0.2) is 42.3 Å². The molecule has 0 spiro atoms. The molecule has 0 saturated heterocycles. The summed E-state index contributed by atoms with van der Waals surface area (Å²) >= 11 is 1.36. The van der Waals surface area contributed by atoms with Crippen molar-refractivity contribution < 1.29 is 4.79 Å². The van der Waals surface area contributed by atoms with Gasteiger partial charge in [0, 0.05) is 31.5 Å². The highest BCUT2D eigenvalue weighted by Crippen LogP contribution is 2.34. The summed E-state index contributed by atoms with van der Waals surface area (Å²) < 4.78 is 1.94. The number of allylic oxidation sites excluding steroid dienone is 1. The predicted octanol–water partition coefficient (Wildman–Crippen LogP) is 3.69. The molecule has 1 aliphatic carbocycles. The second-order valence-corrected chi connectivity index (χ2v) is 8.61. The molecule has 0 aliphatic heterocycles. The van der Waals surface area contributed by atoms with Gasteiger partial charge in [-0.25, -0.2) is 0 Å². The van der Waals surface area contributed by atoms with Crippen LogP contribution in [0, 0.1) is 11.3 Å². The number of rotatable bonds is 7. The maximum Gasteiger partial charge on any atom is 0.236 e. The quantitative estimate of drug-likeness (QED) is 0.511. The second kappa shape index (κ2) is 9.23. The summed E-state index contributed by atoms with van der Waals surface area (Å²) in [5, 5.41) is 18.7. The molecule has 0 radical (unpaired) electrons. The topological polar surface area (TPSA) is 87.7 Å². The summed E-state index contributed by atoms with van der Waals surface area (Å²) in [5.74, 6) is 0.653. The van der Waals surface area contributed by atoms with Crippen LogP contribution in [0.5, 0.6) is 0 Å². The summed E-state index contributed by atoms with van der Waals surface area (Å²) in [7, 11) is 1.75. The summed E-state index contributed by atoms with van der Waals surface area (Å²) in [6.07, 6.45) is 9.76. The van der Waals surface area contributed by atoms with E-state index in [1.165, 1.54) is 11.8 Å². The summed E-state index contributed by atoms with van der Waals surface area (Å²) in [6, 6.07) is 6.17. The van der Waals surface area contributed by atoms with Gasteiger partial charge in [-0.2, -0.15) is 5.26 Å². The SMILES string of the molecule is C=CCn1c(S[C@H](C)C(=O)N(C)C2(C#N)CCCCC2)nnc1-c1ccncc1.